The molecular weight excluding hydrogens is 330 g/mol. The van der Waals surface area contributed by atoms with Gasteiger partial charge in [-0.25, -0.2) is 9.97 Å². The van der Waals surface area contributed by atoms with Gasteiger partial charge in [-0.1, -0.05) is 6.92 Å². The molecule has 2 aromatic rings. The molecule has 0 aromatic carbocycles. The van der Waals surface area contributed by atoms with Crippen LogP contribution in [0.1, 0.15) is 32.6 Å². The number of nitrogens with one attached hydrogen (secondary N) is 1. The van der Waals surface area contributed by atoms with Gasteiger partial charge in [0.25, 0.3) is 0 Å². The third-order valence-electron chi connectivity index (χ3n) is 6.15. The standard InChI is InChI=1S/C19H27N5O2/c1-12-6-8-24(19(26)13-3-4-14(25)9-13)10-16(12)23(2)18-15-5-7-20-17(15)21-11-22-18/h5,7,11-14,16,25H,3-4,6,8-10H2,1-2H3,(H,20,21,22). The van der Waals surface area contributed by atoms with Gasteiger partial charge in [0.1, 0.15) is 17.8 Å². The number of carbonyl (C=O) groups excluding carboxylic acids is 1. The van der Waals surface area contributed by atoms with Gasteiger partial charge in [0.05, 0.1) is 17.5 Å². The van der Waals surface area contributed by atoms with Gasteiger partial charge in [0.2, 0.25) is 5.91 Å². The van der Waals surface area contributed by atoms with Gasteiger partial charge in [0.15, 0.2) is 0 Å². The van der Waals surface area contributed by atoms with Crippen LogP contribution in [0.25, 0.3) is 11.0 Å². The number of aromatic amines is 1. The van der Waals surface area contributed by atoms with Crippen LogP contribution >= 0.6 is 0 Å². The van der Waals surface area contributed by atoms with E-state index < -0.39 is 0 Å². The highest BCUT2D eigenvalue weighted by molar-refractivity contribution is 5.87. The molecule has 0 bridgehead atoms. The third kappa shape index (κ3) is 3.05. The van der Waals surface area contributed by atoms with Crippen LogP contribution in [0.2, 0.25) is 0 Å². The zero-order chi connectivity index (χ0) is 18.3. The molecule has 4 unspecified atom stereocenters. The van der Waals surface area contributed by atoms with Crippen LogP contribution in [0.3, 0.4) is 0 Å². The van der Waals surface area contributed by atoms with Crippen molar-refractivity contribution in [2.45, 2.75) is 44.8 Å². The van der Waals surface area contributed by atoms with Crippen LogP contribution in [0, 0.1) is 11.8 Å². The first-order valence-electron chi connectivity index (χ1n) is 9.52. The zero-order valence-electron chi connectivity index (χ0n) is 15.4. The number of amides is 1. The number of piperidine rings is 1. The van der Waals surface area contributed by atoms with E-state index in [2.05, 4.69) is 33.8 Å². The van der Waals surface area contributed by atoms with Crippen molar-refractivity contribution in [1.82, 2.24) is 19.9 Å². The Balaban J connectivity index is 1.53. The minimum Gasteiger partial charge on any atom is -0.393 e. The summed E-state index contributed by atoms with van der Waals surface area (Å²) in [6.07, 6.45) is 6.30. The molecular formula is C19H27N5O2. The molecule has 1 aliphatic heterocycles. The number of likely N-dealkylation sites (N-methyl/N-ethyl adjacent to an activating group) is 1. The van der Waals surface area contributed by atoms with Crippen LogP contribution in [0.15, 0.2) is 18.6 Å². The van der Waals surface area contributed by atoms with Gasteiger partial charge in [-0.2, -0.15) is 0 Å². The number of aromatic nitrogens is 3. The summed E-state index contributed by atoms with van der Waals surface area (Å²) in [4.78, 5) is 29.0. The van der Waals surface area contributed by atoms with Crippen LogP contribution in [-0.2, 0) is 4.79 Å². The summed E-state index contributed by atoms with van der Waals surface area (Å²) in [7, 11) is 2.06. The summed E-state index contributed by atoms with van der Waals surface area (Å²) >= 11 is 0. The Bertz CT molecular complexity index is 791. The fraction of sp³-hybridized carbons (Fsp3) is 0.632. The molecule has 4 atom stereocenters. The molecule has 4 rings (SSSR count). The van der Waals surface area contributed by atoms with Gasteiger partial charge in [-0.05, 0) is 37.7 Å². The molecule has 0 radical (unpaired) electrons. The second-order valence-electron chi connectivity index (χ2n) is 7.83. The largest absolute Gasteiger partial charge is 0.393 e. The van der Waals surface area contributed by atoms with Crippen molar-refractivity contribution in [3.63, 3.8) is 0 Å². The lowest BCUT2D eigenvalue weighted by atomic mass is 9.91. The van der Waals surface area contributed by atoms with E-state index in [4.69, 9.17) is 0 Å². The second kappa shape index (κ2) is 6.87. The van der Waals surface area contributed by atoms with Crippen LogP contribution in [0.5, 0.6) is 0 Å². The molecule has 1 saturated heterocycles. The first kappa shape index (κ1) is 17.3. The highest BCUT2D eigenvalue weighted by atomic mass is 16.3. The number of fused-ring (bicyclic) bond motifs is 1. The normalized spacial score (nSPS) is 29.3. The Morgan fingerprint density at radius 2 is 2.19 bits per heavy atom. The average Bonchev–Trinajstić information content (AvgIpc) is 3.29. The van der Waals surface area contributed by atoms with Crippen molar-refractivity contribution >= 4 is 22.8 Å². The number of aliphatic hydroxyl groups excluding tert-OH is 1. The Labute approximate surface area is 153 Å². The molecule has 0 spiro atoms. The van der Waals surface area contributed by atoms with Crippen molar-refractivity contribution in [2.75, 3.05) is 25.0 Å². The lowest BCUT2D eigenvalue weighted by Crippen LogP contribution is -2.53. The molecule has 2 N–H and O–H groups in total. The average molecular weight is 357 g/mol. The summed E-state index contributed by atoms with van der Waals surface area (Å²) in [5, 5.41) is 10.8. The summed E-state index contributed by atoms with van der Waals surface area (Å²) in [5.74, 6) is 1.57. The maximum absolute atomic E-state index is 12.9. The number of carbonyl (C=O) groups is 1. The Morgan fingerprint density at radius 1 is 1.35 bits per heavy atom. The zero-order valence-corrected chi connectivity index (χ0v) is 15.4. The Morgan fingerprint density at radius 3 is 2.96 bits per heavy atom. The van der Waals surface area contributed by atoms with Crippen LogP contribution in [0.4, 0.5) is 5.82 Å². The molecule has 26 heavy (non-hydrogen) atoms. The van der Waals surface area contributed by atoms with Gasteiger partial charge in [-0.3, -0.25) is 4.79 Å². The Kier molecular flexibility index (Phi) is 4.56. The number of nitrogens with zero attached hydrogens (tertiary/aromatic N) is 4. The number of hydrogen-bond acceptors (Lipinski definition) is 5. The van der Waals surface area contributed by atoms with E-state index in [0.717, 1.165) is 42.7 Å². The van der Waals surface area contributed by atoms with Gasteiger partial charge >= 0.3 is 0 Å². The topological polar surface area (TPSA) is 85.3 Å². The highest BCUT2D eigenvalue weighted by Crippen LogP contribution is 2.32. The second-order valence-corrected chi connectivity index (χ2v) is 7.83. The molecule has 2 aliphatic rings. The number of anilines is 1. The fourth-order valence-corrected chi connectivity index (χ4v) is 4.49. The van der Waals surface area contributed by atoms with Crippen molar-refractivity contribution in [1.29, 1.82) is 0 Å². The number of rotatable bonds is 3. The summed E-state index contributed by atoms with van der Waals surface area (Å²) in [5.41, 5.74) is 0.832. The van der Waals surface area contributed by atoms with E-state index in [1.54, 1.807) is 6.33 Å². The Hall–Kier alpha value is -2.15. The summed E-state index contributed by atoms with van der Waals surface area (Å²) in [6.45, 7) is 3.76. The van der Waals surface area contributed by atoms with Crippen molar-refractivity contribution in [3.05, 3.63) is 18.6 Å². The molecule has 3 heterocycles. The lowest BCUT2D eigenvalue weighted by molar-refractivity contribution is -0.137. The predicted octanol–water partition coefficient (Wildman–Crippen LogP) is 1.79. The van der Waals surface area contributed by atoms with E-state index >= 15 is 0 Å². The molecule has 2 fully saturated rings. The first-order chi connectivity index (χ1) is 12.5. The molecule has 7 nitrogen and oxygen atoms in total. The van der Waals surface area contributed by atoms with Crippen molar-refractivity contribution in [3.8, 4) is 0 Å². The molecule has 1 amide bonds. The van der Waals surface area contributed by atoms with E-state index in [0.29, 0.717) is 18.9 Å². The maximum Gasteiger partial charge on any atom is 0.225 e. The van der Waals surface area contributed by atoms with E-state index in [-0.39, 0.29) is 24.0 Å². The molecule has 7 heteroatoms. The number of aliphatic hydroxyl groups is 1. The monoisotopic (exact) mass is 357 g/mol. The maximum atomic E-state index is 12.9. The molecule has 2 aromatic heterocycles. The minimum absolute atomic E-state index is 0.0141. The smallest absolute Gasteiger partial charge is 0.225 e. The van der Waals surface area contributed by atoms with Gasteiger partial charge in [0, 0.05) is 32.3 Å². The number of hydrogen-bond donors (Lipinski definition) is 2. The summed E-state index contributed by atoms with van der Waals surface area (Å²) in [6, 6.07) is 2.21. The van der Waals surface area contributed by atoms with Gasteiger partial charge in [-0.15, -0.1) is 0 Å². The first-order valence-corrected chi connectivity index (χ1v) is 9.52. The number of H-pyrrole nitrogens is 1. The van der Waals surface area contributed by atoms with Crippen LogP contribution < -0.4 is 4.90 Å². The quantitative estimate of drug-likeness (QED) is 0.875. The van der Waals surface area contributed by atoms with Gasteiger partial charge < -0.3 is 19.9 Å². The summed E-state index contributed by atoms with van der Waals surface area (Å²) < 4.78 is 0. The molecule has 140 valence electrons. The van der Waals surface area contributed by atoms with E-state index in [1.165, 1.54) is 0 Å². The van der Waals surface area contributed by atoms with E-state index in [1.807, 2.05) is 17.2 Å². The molecule has 1 aliphatic carbocycles. The lowest BCUT2D eigenvalue weighted by Gasteiger charge is -2.43. The predicted molar refractivity (Wildman–Crippen MR) is 99.8 cm³/mol. The van der Waals surface area contributed by atoms with Crippen LogP contribution in [-0.4, -0.2) is 63.1 Å². The molecule has 1 saturated carbocycles. The number of likely N-dealkylation sites (tertiary alicyclic amines) is 1. The SMILES string of the molecule is CC1CCN(C(=O)C2CCC(O)C2)CC1N(C)c1ncnc2[nH]ccc12. The van der Waals surface area contributed by atoms with Crippen molar-refractivity contribution < 1.29 is 9.90 Å². The van der Waals surface area contributed by atoms with Crippen molar-refractivity contribution in [2.24, 2.45) is 11.8 Å². The highest BCUT2D eigenvalue weighted by Gasteiger charge is 2.37. The fourth-order valence-electron chi connectivity index (χ4n) is 4.49. The third-order valence-corrected chi connectivity index (χ3v) is 6.15. The minimum atomic E-state index is -0.311. The van der Waals surface area contributed by atoms with E-state index in [9.17, 15) is 9.90 Å².